The van der Waals surface area contributed by atoms with Crippen LogP contribution >= 0.6 is 0 Å². The van der Waals surface area contributed by atoms with E-state index < -0.39 is 17.8 Å². The molecule has 28 heavy (non-hydrogen) atoms. The minimum Gasteiger partial charge on any atom is -0.497 e. The number of rotatable bonds is 2. The Labute approximate surface area is 160 Å². The molecule has 1 aliphatic heterocycles. The molecular weight excluding hydrogens is 369 g/mol. The normalized spacial score (nSPS) is 21.0. The molecule has 1 amide bonds. The van der Waals surface area contributed by atoms with E-state index in [1.54, 1.807) is 7.11 Å². The third kappa shape index (κ3) is 3.04. The van der Waals surface area contributed by atoms with Gasteiger partial charge in [-0.1, -0.05) is 18.2 Å². The van der Waals surface area contributed by atoms with Gasteiger partial charge in [0.1, 0.15) is 5.75 Å². The maximum Gasteiger partial charge on any atom is 0.416 e. The fraction of sp³-hybridized carbons (Fsp3) is 0.333. The zero-order valence-corrected chi connectivity index (χ0v) is 15.5. The average molecular weight is 388 g/mol. The predicted octanol–water partition coefficient (Wildman–Crippen LogP) is 4.58. The van der Waals surface area contributed by atoms with Crippen LogP contribution in [0.15, 0.2) is 47.6 Å². The largest absolute Gasteiger partial charge is 0.497 e. The van der Waals surface area contributed by atoms with Gasteiger partial charge in [-0.15, -0.1) is 0 Å². The number of carbonyl (C=O) groups excluding carboxylic acids is 1. The zero-order valence-electron chi connectivity index (χ0n) is 15.5. The van der Waals surface area contributed by atoms with Crippen LogP contribution < -0.4 is 4.74 Å². The summed E-state index contributed by atoms with van der Waals surface area (Å²) < 4.78 is 44.0. The number of aryl methyl sites for hydroxylation is 1. The van der Waals surface area contributed by atoms with Crippen molar-refractivity contribution in [1.82, 2.24) is 5.01 Å². The molecule has 4 nitrogen and oxygen atoms in total. The van der Waals surface area contributed by atoms with Crippen molar-refractivity contribution in [1.29, 1.82) is 0 Å². The number of carbonyl (C=O) groups is 1. The van der Waals surface area contributed by atoms with Gasteiger partial charge in [0.25, 0.3) is 0 Å². The SMILES string of the molecule is COc1ccc2c(c1)C1=NN(C(C)=O)[C@@H](c3ccc(C(F)(F)F)cc3)[C@@H]1CC2. The number of benzene rings is 2. The van der Waals surface area contributed by atoms with Crippen molar-refractivity contribution in [2.24, 2.45) is 11.0 Å². The molecule has 2 aliphatic rings. The van der Waals surface area contributed by atoms with Gasteiger partial charge in [0.05, 0.1) is 24.4 Å². The molecule has 0 aromatic heterocycles. The number of hydrogen-bond acceptors (Lipinski definition) is 3. The van der Waals surface area contributed by atoms with Crippen LogP contribution in [-0.2, 0) is 17.4 Å². The molecule has 0 bridgehead atoms. The van der Waals surface area contributed by atoms with Gasteiger partial charge < -0.3 is 4.74 Å². The summed E-state index contributed by atoms with van der Waals surface area (Å²) in [6.45, 7) is 1.42. The van der Waals surface area contributed by atoms with Crippen LogP contribution in [0.3, 0.4) is 0 Å². The zero-order chi connectivity index (χ0) is 20.1. The third-order valence-corrected chi connectivity index (χ3v) is 5.43. The molecule has 1 aliphatic carbocycles. The van der Waals surface area contributed by atoms with E-state index in [9.17, 15) is 18.0 Å². The summed E-state index contributed by atoms with van der Waals surface area (Å²) in [7, 11) is 1.59. The molecule has 2 aromatic carbocycles. The summed E-state index contributed by atoms with van der Waals surface area (Å²) in [4.78, 5) is 12.2. The average Bonchev–Trinajstić information content (AvgIpc) is 3.07. The number of alkyl halides is 3. The lowest BCUT2D eigenvalue weighted by atomic mass is 9.77. The fourth-order valence-corrected chi connectivity index (χ4v) is 4.08. The predicted molar refractivity (Wildman–Crippen MR) is 98.0 cm³/mol. The lowest BCUT2D eigenvalue weighted by molar-refractivity contribution is -0.137. The van der Waals surface area contributed by atoms with Gasteiger partial charge in [0, 0.05) is 18.4 Å². The summed E-state index contributed by atoms with van der Waals surface area (Å²) in [5.74, 6) is 0.394. The number of ether oxygens (including phenoxy) is 1. The van der Waals surface area contributed by atoms with E-state index in [1.807, 2.05) is 18.2 Å². The van der Waals surface area contributed by atoms with Crippen LogP contribution in [0.2, 0.25) is 0 Å². The topological polar surface area (TPSA) is 41.9 Å². The summed E-state index contributed by atoms with van der Waals surface area (Å²) in [6.07, 6.45) is -2.81. The molecule has 1 heterocycles. The molecule has 0 unspecified atom stereocenters. The lowest BCUT2D eigenvalue weighted by Crippen LogP contribution is -2.31. The monoisotopic (exact) mass is 388 g/mol. The number of nitrogens with zero attached hydrogens (tertiary/aromatic N) is 2. The molecule has 2 aromatic rings. The van der Waals surface area contributed by atoms with E-state index >= 15 is 0 Å². The van der Waals surface area contributed by atoms with Crippen molar-refractivity contribution < 1.29 is 22.7 Å². The smallest absolute Gasteiger partial charge is 0.416 e. The number of fused-ring (bicyclic) bond motifs is 3. The van der Waals surface area contributed by atoms with Crippen molar-refractivity contribution in [2.45, 2.75) is 32.0 Å². The molecule has 2 atom stereocenters. The van der Waals surface area contributed by atoms with Gasteiger partial charge in [0.15, 0.2) is 0 Å². The van der Waals surface area contributed by atoms with Gasteiger partial charge in [-0.05, 0) is 48.2 Å². The first-order valence-electron chi connectivity index (χ1n) is 9.02. The Morgan fingerprint density at radius 3 is 2.50 bits per heavy atom. The van der Waals surface area contributed by atoms with Crippen LogP contribution in [0.1, 0.15) is 41.6 Å². The number of halogens is 3. The first-order valence-corrected chi connectivity index (χ1v) is 9.02. The van der Waals surface area contributed by atoms with Gasteiger partial charge in [-0.25, -0.2) is 5.01 Å². The minimum absolute atomic E-state index is 0.0692. The fourth-order valence-electron chi connectivity index (χ4n) is 4.08. The quantitative estimate of drug-likeness (QED) is 0.756. The summed E-state index contributed by atoms with van der Waals surface area (Å²) in [5.41, 5.74) is 2.81. The summed E-state index contributed by atoms with van der Waals surface area (Å²) in [6, 6.07) is 10.4. The van der Waals surface area contributed by atoms with Gasteiger partial charge in [-0.2, -0.15) is 18.3 Å². The van der Waals surface area contributed by atoms with Crippen LogP contribution in [0.25, 0.3) is 0 Å². The second kappa shape index (κ2) is 6.65. The summed E-state index contributed by atoms with van der Waals surface area (Å²) in [5, 5.41) is 5.98. The van der Waals surface area contributed by atoms with Gasteiger partial charge in [-0.3, -0.25) is 4.79 Å². The number of hydrazone groups is 1. The Morgan fingerprint density at radius 1 is 1.18 bits per heavy atom. The van der Waals surface area contributed by atoms with E-state index in [4.69, 9.17) is 4.74 Å². The molecule has 0 radical (unpaired) electrons. The third-order valence-electron chi connectivity index (χ3n) is 5.43. The minimum atomic E-state index is -4.39. The van der Waals surface area contributed by atoms with Crippen molar-refractivity contribution >= 4 is 11.6 Å². The number of methoxy groups -OCH3 is 1. The van der Waals surface area contributed by atoms with Gasteiger partial charge >= 0.3 is 6.18 Å². The second-order valence-electron chi connectivity index (χ2n) is 7.08. The van der Waals surface area contributed by atoms with E-state index in [1.165, 1.54) is 24.1 Å². The van der Waals surface area contributed by atoms with E-state index in [0.29, 0.717) is 11.3 Å². The van der Waals surface area contributed by atoms with E-state index in [-0.39, 0.29) is 11.8 Å². The van der Waals surface area contributed by atoms with E-state index in [0.717, 1.165) is 41.8 Å². The highest BCUT2D eigenvalue weighted by Gasteiger charge is 2.43. The van der Waals surface area contributed by atoms with Crippen LogP contribution in [0, 0.1) is 5.92 Å². The molecule has 0 N–H and O–H groups in total. The molecule has 4 rings (SSSR count). The van der Waals surface area contributed by atoms with Crippen LogP contribution in [0.4, 0.5) is 13.2 Å². The molecule has 7 heteroatoms. The highest BCUT2D eigenvalue weighted by molar-refractivity contribution is 6.07. The Balaban J connectivity index is 1.75. The van der Waals surface area contributed by atoms with Crippen molar-refractivity contribution in [3.8, 4) is 5.75 Å². The van der Waals surface area contributed by atoms with Gasteiger partial charge in [0.2, 0.25) is 5.91 Å². The maximum absolute atomic E-state index is 12.9. The molecular formula is C21H19F3N2O2. The Kier molecular flexibility index (Phi) is 4.40. The standard InChI is InChI=1S/C21H19F3N2O2/c1-12(27)26-20(14-3-7-15(8-4-14)21(22,23)24)17-10-6-13-5-9-16(28-2)11-18(13)19(17)25-26/h3-5,7-9,11,17,20H,6,10H2,1-2H3/t17-,20+/m1/s1. The second-order valence-corrected chi connectivity index (χ2v) is 7.08. The molecule has 0 spiro atoms. The van der Waals surface area contributed by atoms with Crippen molar-refractivity contribution in [3.05, 3.63) is 64.7 Å². The van der Waals surface area contributed by atoms with Crippen molar-refractivity contribution in [2.75, 3.05) is 7.11 Å². The summed E-state index contributed by atoms with van der Waals surface area (Å²) >= 11 is 0. The number of amides is 1. The number of hydrogen-bond donors (Lipinski definition) is 0. The van der Waals surface area contributed by atoms with Crippen LogP contribution in [0.5, 0.6) is 5.75 Å². The molecule has 146 valence electrons. The van der Waals surface area contributed by atoms with Crippen LogP contribution in [-0.4, -0.2) is 23.7 Å². The molecule has 0 saturated heterocycles. The Morgan fingerprint density at radius 2 is 1.89 bits per heavy atom. The maximum atomic E-state index is 12.9. The Bertz CT molecular complexity index is 951. The Hall–Kier alpha value is -2.83. The first-order chi connectivity index (χ1) is 13.3. The molecule has 0 saturated carbocycles. The van der Waals surface area contributed by atoms with Crippen molar-refractivity contribution in [3.63, 3.8) is 0 Å². The molecule has 0 fully saturated rings. The highest BCUT2D eigenvalue weighted by Crippen LogP contribution is 2.44. The lowest BCUT2D eigenvalue weighted by Gasteiger charge is -2.29. The first kappa shape index (κ1) is 18.5. The highest BCUT2D eigenvalue weighted by atomic mass is 19.4. The van der Waals surface area contributed by atoms with E-state index in [2.05, 4.69) is 5.10 Å².